The van der Waals surface area contributed by atoms with Crippen molar-refractivity contribution in [3.63, 3.8) is 0 Å². The molecule has 2 rings (SSSR count). The van der Waals surface area contributed by atoms with Gasteiger partial charge in [-0.1, -0.05) is 6.08 Å². The van der Waals surface area contributed by atoms with Crippen molar-refractivity contribution in [3.05, 3.63) is 30.4 Å². The number of allylic oxidation sites excluding steroid dienone is 2. The van der Waals surface area contributed by atoms with E-state index in [1.807, 2.05) is 22.8 Å². The zero-order valence-electron chi connectivity index (χ0n) is 8.88. The minimum atomic E-state index is -0.151. The van der Waals surface area contributed by atoms with Gasteiger partial charge in [0.05, 0.1) is 11.9 Å². The molecule has 2 heterocycles. The Morgan fingerprint density at radius 1 is 1.53 bits per heavy atom. The number of dihydropyridines is 1. The van der Waals surface area contributed by atoms with Crippen LogP contribution in [-0.2, 0) is 0 Å². The van der Waals surface area contributed by atoms with E-state index >= 15 is 0 Å². The summed E-state index contributed by atoms with van der Waals surface area (Å²) >= 11 is 0. The molecule has 1 aliphatic rings. The lowest BCUT2D eigenvalue weighted by Crippen LogP contribution is -2.36. The molecule has 1 aliphatic heterocycles. The largest absolute Gasteiger partial charge is 0.364 e. The fourth-order valence-corrected chi connectivity index (χ4v) is 1.50. The van der Waals surface area contributed by atoms with Crippen molar-refractivity contribution in [2.24, 2.45) is 5.73 Å². The maximum atomic E-state index is 5.76. The molecule has 1 aromatic heterocycles. The van der Waals surface area contributed by atoms with Crippen LogP contribution in [0.3, 0.4) is 0 Å². The van der Waals surface area contributed by atoms with Crippen LogP contribution >= 0.6 is 0 Å². The Kier molecular flexibility index (Phi) is 2.55. The van der Waals surface area contributed by atoms with Gasteiger partial charge >= 0.3 is 0 Å². The van der Waals surface area contributed by atoms with Gasteiger partial charge in [0.2, 0.25) is 0 Å². The van der Waals surface area contributed by atoms with Crippen LogP contribution in [-0.4, -0.2) is 20.9 Å². The smallest absolute Gasteiger partial charge is 0.180 e. The van der Waals surface area contributed by atoms with Gasteiger partial charge in [0.25, 0.3) is 0 Å². The van der Waals surface area contributed by atoms with Crippen LogP contribution < -0.4 is 11.1 Å². The number of nitrogens with one attached hydrogen (secondary N) is 1. The van der Waals surface area contributed by atoms with Gasteiger partial charge in [0.1, 0.15) is 6.33 Å². The Hall–Kier alpha value is -1.62. The van der Waals surface area contributed by atoms with E-state index in [9.17, 15) is 0 Å². The molecule has 0 bridgehead atoms. The molecule has 3 N–H and O–H groups in total. The lowest BCUT2D eigenvalue weighted by Gasteiger charge is -2.19. The quantitative estimate of drug-likeness (QED) is 0.743. The Morgan fingerprint density at radius 3 is 3.00 bits per heavy atom. The van der Waals surface area contributed by atoms with E-state index < -0.39 is 0 Å². The maximum Gasteiger partial charge on any atom is 0.180 e. The van der Waals surface area contributed by atoms with Crippen LogP contribution in [0.15, 0.2) is 24.6 Å². The summed E-state index contributed by atoms with van der Waals surface area (Å²) in [4.78, 5) is 0. The molecule has 0 spiro atoms. The van der Waals surface area contributed by atoms with Gasteiger partial charge in [0, 0.05) is 6.04 Å². The van der Waals surface area contributed by atoms with Crippen molar-refractivity contribution in [1.82, 2.24) is 20.1 Å². The third-order valence-corrected chi connectivity index (χ3v) is 2.27. The first-order valence-electron chi connectivity index (χ1n) is 4.99. The van der Waals surface area contributed by atoms with Crippen molar-refractivity contribution in [2.45, 2.75) is 26.1 Å². The normalized spacial score (nSPS) is 20.3. The van der Waals surface area contributed by atoms with Gasteiger partial charge < -0.3 is 15.6 Å². The zero-order valence-corrected chi connectivity index (χ0v) is 8.88. The average Bonchev–Trinajstić information content (AvgIpc) is 2.65. The van der Waals surface area contributed by atoms with Gasteiger partial charge in [-0.05, 0) is 26.0 Å². The molecule has 15 heavy (non-hydrogen) atoms. The summed E-state index contributed by atoms with van der Waals surface area (Å²) in [6, 6.07) is 0.333. The van der Waals surface area contributed by atoms with Gasteiger partial charge in [-0.2, -0.15) is 0 Å². The van der Waals surface area contributed by atoms with Crippen molar-refractivity contribution < 1.29 is 0 Å². The molecular formula is C10H15N5. The highest BCUT2D eigenvalue weighted by atomic mass is 15.3. The fraction of sp³-hybridized carbons (Fsp3) is 0.400. The van der Waals surface area contributed by atoms with E-state index in [4.69, 9.17) is 5.73 Å². The monoisotopic (exact) mass is 205 g/mol. The second kappa shape index (κ2) is 3.86. The van der Waals surface area contributed by atoms with Crippen molar-refractivity contribution in [1.29, 1.82) is 0 Å². The lowest BCUT2D eigenvalue weighted by molar-refractivity contribution is 0.584. The summed E-state index contributed by atoms with van der Waals surface area (Å²) in [6.07, 6.45) is 7.34. The molecule has 0 saturated carbocycles. The van der Waals surface area contributed by atoms with Crippen LogP contribution in [0.4, 0.5) is 0 Å². The van der Waals surface area contributed by atoms with E-state index in [1.165, 1.54) is 0 Å². The van der Waals surface area contributed by atoms with Crippen LogP contribution in [0.5, 0.6) is 0 Å². The van der Waals surface area contributed by atoms with Crippen LogP contribution in [0.1, 0.15) is 25.7 Å². The first kappa shape index (κ1) is 9.92. The Labute approximate surface area is 88.7 Å². The topological polar surface area (TPSA) is 68.8 Å². The predicted molar refractivity (Wildman–Crippen MR) is 58.6 cm³/mol. The summed E-state index contributed by atoms with van der Waals surface area (Å²) in [5.74, 6) is 0.824. The Bertz CT molecular complexity index is 402. The predicted octanol–water partition coefficient (Wildman–Crippen LogP) is 0.644. The highest BCUT2D eigenvalue weighted by Gasteiger charge is 2.14. The highest BCUT2D eigenvalue weighted by molar-refractivity contribution is 5.61. The van der Waals surface area contributed by atoms with Crippen molar-refractivity contribution >= 4 is 5.70 Å². The van der Waals surface area contributed by atoms with Crippen LogP contribution in [0, 0.1) is 0 Å². The molecule has 1 unspecified atom stereocenters. The highest BCUT2D eigenvalue weighted by Crippen LogP contribution is 2.15. The molecular weight excluding hydrogens is 190 g/mol. The number of nitrogens with two attached hydrogens (primary N) is 1. The first-order chi connectivity index (χ1) is 7.18. The number of nitrogens with zero attached hydrogens (tertiary/aromatic N) is 3. The van der Waals surface area contributed by atoms with E-state index in [2.05, 4.69) is 29.4 Å². The minimum absolute atomic E-state index is 0.151. The fourth-order valence-electron chi connectivity index (χ4n) is 1.50. The van der Waals surface area contributed by atoms with Gasteiger partial charge in [-0.15, -0.1) is 10.2 Å². The summed E-state index contributed by atoms with van der Waals surface area (Å²) in [7, 11) is 0. The van der Waals surface area contributed by atoms with Crippen LogP contribution in [0.25, 0.3) is 5.70 Å². The Balaban J connectivity index is 2.33. The molecule has 0 radical (unpaired) electrons. The molecule has 0 aromatic carbocycles. The van der Waals surface area contributed by atoms with E-state index in [1.54, 1.807) is 6.33 Å². The summed E-state index contributed by atoms with van der Waals surface area (Å²) < 4.78 is 2.00. The molecule has 5 heteroatoms. The van der Waals surface area contributed by atoms with Gasteiger partial charge in [-0.3, -0.25) is 0 Å². The van der Waals surface area contributed by atoms with Crippen molar-refractivity contribution in [2.75, 3.05) is 0 Å². The SMILES string of the molecule is CC(C)n1cnnc1C1=CC=CC(N)N1. The number of rotatable bonds is 2. The molecule has 1 aromatic rings. The second-order valence-corrected chi connectivity index (χ2v) is 3.79. The maximum absolute atomic E-state index is 5.76. The molecule has 0 aliphatic carbocycles. The lowest BCUT2D eigenvalue weighted by atomic mass is 10.2. The number of aromatic nitrogens is 3. The average molecular weight is 205 g/mol. The summed E-state index contributed by atoms with van der Waals surface area (Å²) in [5, 5.41) is 11.1. The zero-order chi connectivity index (χ0) is 10.8. The Morgan fingerprint density at radius 2 is 2.33 bits per heavy atom. The van der Waals surface area contributed by atoms with Gasteiger partial charge in [-0.25, -0.2) is 0 Å². The van der Waals surface area contributed by atoms with E-state index in [-0.39, 0.29) is 6.17 Å². The third kappa shape index (κ3) is 1.92. The summed E-state index contributed by atoms with van der Waals surface area (Å²) in [6.45, 7) is 4.18. The standard InChI is InChI=1S/C10H15N5/c1-7(2)15-6-12-14-10(15)8-4-3-5-9(11)13-8/h3-7,9,13H,11H2,1-2H3. The molecule has 0 saturated heterocycles. The summed E-state index contributed by atoms with van der Waals surface area (Å²) in [5.41, 5.74) is 6.67. The van der Waals surface area contributed by atoms with Crippen LogP contribution in [0.2, 0.25) is 0 Å². The van der Waals surface area contributed by atoms with E-state index in [0.29, 0.717) is 6.04 Å². The first-order valence-corrected chi connectivity index (χ1v) is 4.99. The molecule has 0 fully saturated rings. The molecule has 5 nitrogen and oxygen atoms in total. The molecule has 80 valence electrons. The van der Waals surface area contributed by atoms with Crippen molar-refractivity contribution in [3.8, 4) is 0 Å². The molecule has 1 atom stereocenters. The molecule has 0 amide bonds. The second-order valence-electron chi connectivity index (χ2n) is 3.79. The third-order valence-electron chi connectivity index (χ3n) is 2.27. The number of hydrogen-bond donors (Lipinski definition) is 2. The minimum Gasteiger partial charge on any atom is -0.364 e. The van der Waals surface area contributed by atoms with Gasteiger partial charge in [0.15, 0.2) is 5.82 Å². The van der Waals surface area contributed by atoms with E-state index in [0.717, 1.165) is 11.5 Å². The number of hydrogen-bond acceptors (Lipinski definition) is 4.